The van der Waals surface area contributed by atoms with Gasteiger partial charge in [0.15, 0.2) is 0 Å². The molecule has 1 rings (SSSR count). The fourth-order valence-electron chi connectivity index (χ4n) is 1.37. The Morgan fingerprint density at radius 3 is 2.64 bits per heavy atom. The van der Waals surface area contributed by atoms with E-state index < -0.39 is 0 Å². The van der Waals surface area contributed by atoms with Crippen LogP contribution < -0.4 is 10.6 Å². The molecule has 0 saturated carbocycles. The Kier molecular flexibility index (Phi) is 4.97. The summed E-state index contributed by atoms with van der Waals surface area (Å²) in [7, 11) is 1.96. The summed E-state index contributed by atoms with van der Waals surface area (Å²) in [4.78, 5) is 0. The first-order valence-corrected chi connectivity index (χ1v) is 4.91. The zero-order valence-electron chi connectivity index (χ0n) is 8.72. The molecule has 0 aliphatic heterocycles. The summed E-state index contributed by atoms with van der Waals surface area (Å²) in [5, 5.41) is 6.42. The van der Waals surface area contributed by atoms with Gasteiger partial charge in [0.2, 0.25) is 0 Å². The molecule has 0 aliphatic rings. The molecule has 0 unspecified atom stereocenters. The minimum atomic E-state index is 0.857. The fraction of sp³-hybridized carbons (Fsp3) is 0.333. The van der Waals surface area contributed by atoms with Crippen LogP contribution in [0.1, 0.15) is 11.1 Å². The third-order valence-electron chi connectivity index (χ3n) is 1.99. The molecule has 0 atom stereocenters. The molecule has 0 spiro atoms. The SMILES string of the molecule is C=CCNCc1cccc(CNC)c1. The normalized spacial score (nSPS) is 10.1. The first-order valence-electron chi connectivity index (χ1n) is 4.91. The fourth-order valence-corrected chi connectivity index (χ4v) is 1.37. The maximum absolute atomic E-state index is 3.67. The second-order valence-electron chi connectivity index (χ2n) is 3.27. The molecule has 0 aromatic heterocycles. The van der Waals surface area contributed by atoms with Crippen molar-refractivity contribution in [2.24, 2.45) is 0 Å². The van der Waals surface area contributed by atoms with Crippen molar-refractivity contribution in [3.63, 3.8) is 0 Å². The van der Waals surface area contributed by atoms with Gasteiger partial charge in [0.25, 0.3) is 0 Å². The van der Waals surface area contributed by atoms with Gasteiger partial charge < -0.3 is 10.6 Å². The van der Waals surface area contributed by atoms with Crippen molar-refractivity contribution in [3.8, 4) is 0 Å². The second-order valence-corrected chi connectivity index (χ2v) is 3.27. The summed E-state index contributed by atoms with van der Waals surface area (Å²) in [6, 6.07) is 8.58. The van der Waals surface area contributed by atoms with Crippen molar-refractivity contribution in [2.75, 3.05) is 13.6 Å². The molecular formula is C12H18N2. The number of hydrogen-bond donors (Lipinski definition) is 2. The summed E-state index contributed by atoms with van der Waals surface area (Å²) >= 11 is 0. The van der Waals surface area contributed by atoms with Crippen LogP contribution in [0.15, 0.2) is 36.9 Å². The van der Waals surface area contributed by atoms with Gasteiger partial charge in [-0.2, -0.15) is 0 Å². The van der Waals surface area contributed by atoms with Gasteiger partial charge in [-0.1, -0.05) is 30.3 Å². The molecule has 0 bridgehead atoms. The van der Waals surface area contributed by atoms with Crippen LogP contribution in [0.4, 0.5) is 0 Å². The number of benzene rings is 1. The van der Waals surface area contributed by atoms with Crippen molar-refractivity contribution >= 4 is 0 Å². The van der Waals surface area contributed by atoms with Crippen molar-refractivity contribution in [1.82, 2.24) is 10.6 Å². The van der Waals surface area contributed by atoms with Crippen LogP contribution in [-0.4, -0.2) is 13.6 Å². The van der Waals surface area contributed by atoms with Crippen LogP contribution in [0.25, 0.3) is 0 Å². The molecule has 1 aromatic carbocycles. The van der Waals surface area contributed by atoms with Gasteiger partial charge in [0.05, 0.1) is 0 Å². The van der Waals surface area contributed by atoms with Crippen LogP contribution in [0.2, 0.25) is 0 Å². The summed E-state index contributed by atoms with van der Waals surface area (Å²) < 4.78 is 0. The molecule has 0 amide bonds. The maximum atomic E-state index is 3.67. The predicted molar refractivity (Wildman–Crippen MR) is 61.1 cm³/mol. The quantitative estimate of drug-likeness (QED) is 0.527. The standard InChI is InChI=1S/C12H18N2/c1-3-7-14-10-12-6-4-5-11(8-12)9-13-2/h3-6,8,13-14H,1,7,9-10H2,2H3. The van der Waals surface area contributed by atoms with Gasteiger partial charge in [-0.3, -0.25) is 0 Å². The summed E-state index contributed by atoms with van der Waals surface area (Å²) in [6.45, 7) is 6.36. The Hall–Kier alpha value is -1.12. The molecule has 0 fully saturated rings. The molecule has 2 nitrogen and oxygen atoms in total. The number of hydrogen-bond acceptors (Lipinski definition) is 2. The third-order valence-corrected chi connectivity index (χ3v) is 1.99. The van der Waals surface area contributed by atoms with Crippen LogP contribution in [0.5, 0.6) is 0 Å². The van der Waals surface area contributed by atoms with E-state index in [2.05, 4.69) is 41.5 Å². The lowest BCUT2D eigenvalue weighted by Crippen LogP contribution is -2.13. The molecule has 2 N–H and O–H groups in total. The van der Waals surface area contributed by atoms with E-state index in [4.69, 9.17) is 0 Å². The van der Waals surface area contributed by atoms with Crippen molar-refractivity contribution in [1.29, 1.82) is 0 Å². The van der Waals surface area contributed by atoms with E-state index in [1.807, 2.05) is 13.1 Å². The van der Waals surface area contributed by atoms with E-state index in [1.165, 1.54) is 11.1 Å². The van der Waals surface area contributed by atoms with Crippen LogP contribution >= 0.6 is 0 Å². The minimum Gasteiger partial charge on any atom is -0.316 e. The summed E-state index contributed by atoms with van der Waals surface area (Å²) in [6.07, 6.45) is 1.87. The Labute approximate surface area is 86.0 Å². The largest absolute Gasteiger partial charge is 0.316 e. The van der Waals surface area contributed by atoms with Gasteiger partial charge in [-0.25, -0.2) is 0 Å². The van der Waals surface area contributed by atoms with E-state index in [1.54, 1.807) is 0 Å². The van der Waals surface area contributed by atoms with Crippen molar-refractivity contribution in [2.45, 2.75) is 13.1 Å². The first-order chi connectivity index (χ1) is 6.86. The smallest absolute Gasteiger partial charge is 0.0208 e. The average Bonchev–Trinajstić information content (AvgIpc) is 2.19. The summed E-state index contributed by atoms with van der Waals surface area (Å²) in [5.74, 6) is 0. The molecular weight excluding hydrogens is 172 g/mol. The molecule has 1 aromatic rings. The molecule has 0 aliphatic carbocycles. The highest BCUT2D eigenvalue weighted by Crippen LogP contribution is 2.04. The average molecular weight is 190 g/mol. The third kappa shape index (κ3) is 3.73. The van der Waals surface area contributed by atoms with Crippen LogP contribution in [-0.2, 0) is 13.1 Å². The first kappa shape index (κ1) is 11.0. The van der Waals surface area contributed by atoms with E-state index in [9.17, 15) is 0 Å². The van der Waals surface area contributed by atoms with Crippen molar-refractivity contribution in [3.05, 3.63) is 48.0 Å². The zero-order chi connectivity index (χ0) is 10.2. The Bertz CT molecular complexity index is 281. The maximum Gasteiger partial charge on any atom is 0.0208 e. The zero-order valence-corrected chi connectivity index (χ0v) is 8.72. The van der Waals surface area contributed by atoms with Crippen molar-refractivity contribution < 1.29 is 0 Å². The van der Waals surface area contributed by atoms with Gasteiger partial charge in [0, 0.05) is 19.6 Å². The lowest BCUT2D eigenvalue weighted by molar-refractivity contribution is 0.755. The number of nitrogens with one attached hydrogen (secondary N) is 2. The Morgan fingerprint density at radius 1 is 1.29 bits per heavy atom. The molecule has 0 saturated heterocycles. The number of rotatable bonds is 6. The molecule has 14 heavy (non-hydrogen) atoms. The molecule has 76 valence electrons. The van der Waals surface area contributed by atoms with Gasteiger partial charge in [-0.15, -0.1) is 6.58 Å². The predicted octanol–water partition coefficient (Wildman–Crippen LogP) is 1.68. The van der Waals surface area contributed by atoms with E-state index >= 15 is 0 Å². The van der Waals surface area contributed by atoms with Crippen LogP contribution in [0, 0.1) is 0 Å². The van der Waals surface area contributed by atoms with E-state index in [-0.39, 0.29) is 0 Å². The summed E-state index contributed by atoms with van der Waals surface area (Å²) in [5.41, 5.74) is 2.64. The topological polar surface area (TPSA) is 24.1 Å². The Morgan fingerprint density at radius 2 is 2.00 bits per heavy atom. The Balaban J connectivity index is 2.50. The molecule has 0 heterocycles. The monoisotopic (exact) mass is 190 g/mol. The highest BCUT2D eigenvalue weighted by molar-refractivity contribution is 5.23. The van der Waals surface area contributed by atoms with Gasteiger partial charge >= 0.3 is 0 Å². The lowest BCUT2D eigenvalue weighted by Gasteiger charge is -2.05. The minimum absolute atomic E-state index is 0.857. The lowest BCUT2D eigenvalue weighted by atomic mass is 10.1. The van der Waals surface area contributed by atoms with E-state index in [0.29, 0.717) is 0 Å². The molecule has 2 heteroatoms. The second kappa shape index (κ2) is 6.35. The van der Waals surface area contributed by atoms with E-state index in [0.717, 1.165) is 19.6 Å². The van der Waals surface area contributed by atoms with Gasteiger partial charge in [0.1, 0.15) is 0 Å². The highest BCUT2D eigenvalue weighted by Gasteiger charge is 1.94. The van der Waals surface area contributed by atoms with Crippen LogP contribution in [0.3, 0.4) is 0 Å². The highest BCUT2D eigenvalue weighted by atomic mass is 14.8. The molecule has 0 radical (unpaired) electrons. The van der Waals surface area contributed by atoms with Gasteiger partial charge in [-0.05, 0) is 18.2 Å².